The Morgan fingerprint density at radius 1 is 1.41 bits per heavy atom. The minimum absolute atomic E-state index is 0.112. The maximum atomic E-state index is 12.0. The minimum Gasteiger partial charge on any atom is -0.375 e. The Morgan fingerprint density at radius 3 is 2.71 bits per heavy atom. The molecule has 6 nitrogen and oxygen atoms in total. The number of nitrogen functional groups attached to an aromatic ring is 1. The van der Waals surface area contributed by atoms with Crippen molar-refractivity contribution in [2.45, 2.75) is 11.1 Å². The van der Waals surface area contributed by atoms with Crippen molar-refractivity contribution in [1.29, 1.82) is 0 Å². The summed E-state index contributed by atoms with van der Waals surface area (Å²) in [6.45, 7) is 1.60. The second-order valence-corrected chi connectivity index (χ2v) is 6.15. The molecule has 90 valence electrons. The molecule has 2 heterocycles. The fourth-order valence-electron chi connectivity index (χ4n) is 1.26. The zero-order valence-corrected chi connectivity index (χ0v) is 10.5. The van der Waals surface area contributed by atoms with Gasteiger partial charge in [-0.2, -0.15) is 0 Å². The lowest BCUT2D eigenvalue weighted by Gasteiger charge is -2.04. The molecule has 0 saturated heterocycles. The van der Waals surface area contributed by atoms with Crippen molar-refractivity contribution in [3.63, 3.8) is 0 Å². The Morgan fingerprint density at radius 2 is 2.18 bits per heavy atom. The van der Waals surface area contributed by atoms with E-state index in [-0.39, 0.29) is 15.2 Å². The molecule has 0 aliphatic heterocycles. The van der Waals surface area contributed by atoms with E-state index in [9.17, 15) is 8.42 Å². The third-order valence-electron chi connectivity index (χ3n) is 1.92. The smallest absolute Gasteiger partial charge is 0.274 e. The van der Waals surface area contributed by atoms with E-state index in [0.717, 1.165) is 11.3 Å². The monoisotopic (exact) mass is 270 g/mol. The first kappa shape index (κ1) is 11.8. The molecule has 0 aromatic carbocycles. The number of nitrogens with two attached hydrogens (primary N) is 1. The number of nitrogens with zero attached hydrogens (tertiary/aromatic N) is 2. The Labute approximate surface area is 103 Å². The van der Waals surface area contributed by atoms with Gasteiger partial charge in [0.15, 0.2) is 9.34 Å². The highest BCUT2D eigenvalue weighted by Gasteiger charge is 2.21. The lowest BCUT2D eigenvalue weighted by Crippen LogP contribution is -2.13. The first-order valence-corrected chi connectivity index (χ1v) is 6.96. The molecule has 0 atom stereocenters. The Balaban J connectivity index is 2.35. The summed E-state index contributed by atoms with van der Waals surface area (Å²) in [4.78, 5) is 7.76. The second kappa shape index (κ2) is 4.30. The van der Waals surface area contributed by atoms with E-state index in [1.165, 1.54) is 6.20 Å². The Bertz CT molecular complexity index is 622. The highest BCUT2D eigenvalue weighted by Crippen LogP contribution is 2.26. The van der Waals surface area contributed by atoms with Gasteiger partial charge in [-0.25, -0.2) is 18.4 Å². The molecule has 0 unspecified atom stereocenters. The largest absolute Gasteiger partial charge is 0.375 e. The number of sulfonamides is 1. The van der Waals surface area contributed by atoms with Crippen LogP contribution in [0.25, 0.3) is 0 Å². The van der Waals surface area contributed by atoms with E-state index in [0.29, 0.717) is 5.69 Å². The average molecular weight is 270 g/mol. The molecular weight excluding hydrogens is 260 g/mol. The number of aryl methyl sites for hydroxylation is 1. The van der Waals surface area contributed by atoms with Crippen LogP contribution in [0, 0.1) is 6.92 Å². The predicted molar refractivity (Wildman–Crippen MR) is 66.3 cm³/mol. The quantitative estimate of drug-likeness (QED) is 0.874. The molecule has 8 heteroatoms. The summed E-state index contributed by atoms with van der Waals surface area (Å²) >= 11 is 0.929. The maximum Gasteiger partial charge on any atom is 0.274 e. The third kappa shape index (κ3) is 2.53. The van der Waals surface area contributed by atoms with Crippen molar-refractivity contribution in [3.8, 4) is 0 Å². The average Bonchev–Trinajstić information content (AvgIpc) is 2.59. The molecule has 2 aromatic heterocycles. The normalized spacial score (nSPS) is 11.4. The predicted octanol–water partition coefficient (Wildman–Crippen LogP) is 1.23. The van der Waals surface area contributed by atoms with E-state index >= 15 is 0 Å². The molecule has 0 fully saturated rings. The summed E-state index contributed by atoms with van der Waals surface area (Å²) in [6, 6.07) is 4.96. The van der Waals surface area contributed by atoms with Gasteiger partial charge in [-0.1, -0.05) is 17.4 Å². The molecule has 0 aliphatic rings. The van der Waals surface area contributed by atoms with Gasteiger partial charge < -0.3 is 5.73 Å². The first-order valence-electron chi connectivity index (χ1n) is 4.66. The van der Waals surface area contributed by atoms with E-state index in [1.54, 1.807) is 25.1 Å². The van der Waals surface area contributed by atoms with Crippen LogP contribution < -0.4 is 10.5 Å². The van der Waals surface area contributed by atoms with Crippen LogP contribution in [0.1, 0.15) is 5.69 Å². The van der Waals surface area contributed by atoms with Crippen LogP contribution >= 0.6 is 11.3 Å². The molecule has 2 rings (SSSR count). The lowest BCUT2D eigenvalue weighted by molar-refractivity contribution is 0.602. The van der Waals surface area contributed by atoms with Crippen molar-refractivity contribution in [2.24, 2.45) is 0 Å². The van der Waals surface area contributed by atoms with Crippen molar-refractivity contribution in [3.05, 3.63) is 30.1 Å². The second-order valence-electron chi connectivity index (χ2n) is 3.25. The van der Waals surface area contributed by atoms with Gasteiger partial charge in [0.05, 0.1) is 5.69 Å². The van der Waals surface area contributed by atoms with Crippen LogP contribution in [-0.4, -0.2) is 18.4 Å². The SMILES string of the molecule is Cc1nc(N)sc1S(=O)(=O)Nc1ccccn1. The molecule has 0 radical (unpaired) electrons. The Hall–Kier alpha value is -1.67. The van der Waals surface area contributed by atoms with E-state index in [4.69, 9.17) is 5.73 Å². The zero-order valence-electron chi connectivity index (χ0n) is 8.91. The number of anilines is 2. The summed E-state index contributed by atoms with van der Waals surface area (Å²) in [5.41, 5.74) is 5.85. The summed E-state index contributed by atoms with van der Waals surface area (Å²) in [7, 11) is -3.66. The molecule has 0 aliphatic carbocycles. The van der Waals surface area contributed by atoms with Crippen molar-refractivity contribution in [1.82, 2.24) is 9.97 Å². The molecule has 0 spiro atoms. The summed E-state index contributed by atoms with van der Waals surface area (Å²) < 4.78 is 26.5. The fraction of sp³-hybridized carbons (Fsp3) is 0.111. The topological polar surface area (TPSA) is 98.0 Å². The molecule has 17 heavy (non-hydrogen) atoms. The van der Waals surface area contributed by atoms with Gasteiger partial charge in [0.25, 0.3) is 10.0 Å². The van der Waals surface area contributed by atoms with Crippen LogP contribution in [0.5, 0.6) is 0 Å². The molecule has 3 N–H and O–H groups in total. The minimum atomic E-state index is -3.66. The number of hydrogen-bond donors (Lipinski definition) is 2. The van der Waals surface area contributed by atoms with Crippen molar-refractivity contribution >= 4 is 32.3 Å². The highest BCUT2D eigenvalue weighted by molar-refractivity contribution is 7.94. The highest BCUT2D eigenvalue weighted by atomic mass is 32.2. The van der Waals surface area contributed by atoms with Crippen molar-refractivity contribution < 1.29 is 8.42 Å². The molecular formula is C9H10N4O2S2. The molecule has 0 amide bonds. The molecule has 0 saturated carbocycles. The first-order chi connectivity index (χ1) is 7.99. The number of hydrogen-bond acceptors (Lipinski definition) is 6. The van der Waals surface area contributed by atoms with Gasteiger partial charge in [0.2, 0.25) is 0 Å². The number of aromatic nitrogens is 2. The van der Waals surface area contributed by atoms with Gasteiger partial charge in [0.1, 0.15) is 5.82 Å². The number of rotatable bonds is 3. The Kier molecular flexibility index (Phi) is 2.99. The lowest BCUT2D eigenvalue weighted by atomic mass is 10.5. The van der Waals surface area contributed by atoms with Crippen LogP contribution in [0.3, 0.4) is 0 Å². The number of thiazole rings is 1. The standard InChI is InChI=1S/C9H10N4O2S2/c1-6-8(16-9(10)12-6)17(14,15)13-7-4-2-3-5-11-7/h2-5H,1H3,(H2,10,12)(H,11,13). The van der Waals surface area contributed by atoms with Crippen LogP contribution in [0.2, 0.25) is 0 Å². The fourth-order valence-corrected chi connectivity index (χ4v) is 3.57. The number of nitrogens with one attached hydrogen (secondary N) is 1. The van der Waals surface area contributed by atoms with Crippen LogP contribution in [0.15, 0.2) is 28.6 Å². The van der Waals surface area contributed by atoms with Gasteiger partial charge in [-0.05, 0) is 19.1 Å². The van der Waals surface area contributed by atoms with Gasteiger partial charge in [-0.15, -0.1) is 0 Å². The molecule has 0 bridgehead atoms. The number of pyridine rings is 1. The third-order valence-corrected chi connectivity index (χ3v) is 4.87. The van der Waals surface area contributed by atoms with E-state index < -0.39 is 10.0 Å². The van der Waals surface area contributed by atoms with Gasteiger partial charge in [0, 0.05) is 6.20 Å². The molecule has 2 aromatic rings. The van der Waals surface area contributed by atoms with E-state index in [1.807, 2.05) is 0 Å². The van der Waals surface area contributed by atoms with Crippen LogP contribution in [0.4, 0.5) is 10.9 Å². The van der Waals surface area contributed by atoms with E-state index in [2.05, 4.69) is 14.7 Å². The van der Waals surface area contributed by atoms with Crippen LogP contribution in [-0.2, 0) is 10.0 Å². The summed E-state index contributed by atoms with van der Waals surface area (Å²) in [5.74, 6) is 0.263. The summed E-state index contributed by atoms with van der Waals surface area (Å²) in [6.07, 6.45) is 1.51. The van der Waals surface area contributed by atoms with Gasteiger partial charge >= 0.3 is 0 Å². The van der Waals surface area contributed by atoms with Gasteiger partial charge in [-0.3, -0.25) is 4.72 Å². The zero-order chi connectivity index (χ0) is 12.5. The maximum absolute atomic E-state index is 12.0. The van der Waals surface area contributed by atoms with Crippen molar-refractivity contribution in [2.75, 3.05) is 10.5 Å². The summed E-state index contributed by atoms with van der Waals surface area (Å²) in [5, 5.41) is 0.226.